The molecule has 1 fully saturated rings. The molecule has 0 amide bonds. The first kappa shape index (κ1) is 15.5. The molecule has 0 spiro atoms. The Hall–Kier alpha value is -2.79. The summed E-state index contributed by atoms with van der Waals surface area (Å²) in [5.74, 6) is 0.637. The molecule has 0 unspecified atom stereocenters. The lowest BCUT2D eigenvalue weighted by Gasteiger charge is -2.05. The van der Waals surface area contributed by atoms with Gasteiger partial charge in [0.25, 0.3) is 0 Å². The number of aromatic hydroxyl groups is 1. The average Bonchev–Trinajstić information content (AvgIpc) is 3.43. The van der Waals surface area contributed by atoms with Crippen LogP contribution in [0.25, 0.3) is 16.8 Å². The van der Waals surface area contributed by atoms with Gasteiger partial charge in [-0.15, -0.1) is 0 Å². The van der Waals surface area contributed by atoms with Gasteiger partial charge in [0, 0.05) is 27.3 Å². The van der Waals surface area contributed by atoms with E-state index in [1.165, 1.54) is 14.3 Å². The standard InChI is InChI=1S/C21H17N3OS/c25-20-12-19(15-6-7-15)23-21-18(13-22-24(20)21)14-8-10-17(11-9-14)26-16-4-2-1-3-5-16/h1-5,8-13,15,25H,6-7H2. The van der Waals surface area contributed by atoms with Gasteiger partial charge in [0.2, 0.25) is 5.88 Å². The van der Waals surface area contributed by atoms with E-state index in [0.717, 1.165) is 35.3 Å². The summed E-state index contributed by atoms with van der Waals surface area (Å²) in [6, 6.07) is 20.5. The Morgan fingerprint density at radius 1 is 0.962 bits per heavy atom. The Labute approximate surface area is 155 Å². The Morgan fingerprint density at radius 2 is 1.69 bits per heavy atom. The Kier molecular flexibility index (Phi) is 3.68. The lowest BCUT2D eigenvalue weighted by atomic mass is 10.1. The predicted molar refractivity (Wildman–Crippen MR) is 103 cm³/mol. The second-order valence-corrected chi connectivity index (χ2v) is 7.69. The number of fused-ring (bicyclic) bond motifs is 1. The van der Waals surface area contributed by atoms with Crippen LogP contribution in [0.2, 0.25) is 0 Å². The highest BCUT2D eigenvalue weighted by atomic mass is 32.2. The summed E-state index contributed by atoms with van der Waals surface area (Å²) >= 11 is 1.74. The number of hydrogen-bond acceptors (Lipinski definition) is 4. The molecule has 1 aliphatic rings. The van der Waals surface area contributed by atoms with Gasteiger partial charge in [-0.1, -0.05) is 42.1 Å². The molecule has 4 aromatic rings. The summed E-state index contributed by atoms with van der Waals surface area (Å²) in [6.07, 6.45) is 4.08. The van der Waals surface area contributed by atoms with Crippen molar-refractivity contribution in [1.82, 2.24) is 14.6 Å². The summed E-state index contributed by atoms with van der Waals surface area (Å²) in [6.45, 7) is 0. The molecular weight excluding hydrogens is 342 g/mol. The van der Waals surface area contributed by atoms with Crippen molar-refractivity contribution in [1.29, 1.82) is 0 Å². The van der Waals surface area contributed by atoms with Crippen LogP contribution < -0.4 is 0 Å². The minimum absolute atomic E-state index is 0.152. The minimum Gasteiger partial charge on any atom is -0.493 e. The van der Waals surface area contributed by atoms with E-state index in [-0.39, 0.29) is 5.88 Å². The summed E-state index contributed by atoms with van der Waals surface area (Å²) in [4.78, 5) is 7.17. The zero-order valence-electron chi connectivity index (χ0n) is 14.0. The third-order valence-corrected chi connectivity index (χ3v) is 5.63. The quantitative estimate of drug-likeness (QED) is 0.549. The highest BCUT2D eigenvalue weighted by Gasteiger charge is 2.27. The van der Waals surface area contributed by atoms with E-state index < -0.39 is 0 Å². The lowest BCUT2D eigenvalue weighted by molar-refractivity contribution is 0.434. The van der Waals surface area contributed by atoms with Crippen LogP contribution in [-0.4, -0.2) is 19.7 Å². The largest absolute Gasteiger partial charge is 0.493 e. The molecule has 128 valence electrons. The van der Waals surface area contributed by atoms with Crippen LogP contribution in [0.4, 0.5) is 0 Å². The molecule has 0 radical (unpaired) electrons. The van der Waals surface area contributed by atoms with Crippen molar-refractivity contribution in [3.05, 3.63) is 72.6 Å². The zero-order chi connectivity index (χ0) is 17.5. The summed E-state index contributed by atoms with van der Waals surface area (Å²) in [5, 5.41) is 14.6. The topological polar surface area (TPSA) is 50.4 Å². The lowest BCUT2D eigenvalue weighted by Crippen LogP contribution is -1.96. The molecule has 0 atom stereocenters. The fourth-order valence-corrected chi connectivity index (χ4v) is 3.92. The van der Waals surface area contributed by atoms with Gasteiger partial charge >= 0.3 is 0 Å². The zero-order valence-corrected chi connectivity index (χ0v) is 14.9. The van der Waals surface area contributed by atoms with E-state index in [0.29, 0.717) is 5.92 Å². The van der Waals surface area contributed by atoms with Gasteiger partial charge in [-0.3, -0.25) is 0 Å². The van der Waals surface area contributed by atoms with Gasteiger partial charge in [-0.05, 0) is 42.7 Å². The van der Waals surface area contributed by atoms with Crippen LogP contribution in [0.15, 0.2) is 76.7 Å². The molecule has 5 heteroatoms. The highest BCUT2D eigenvalue weighted by molar-refractivity contribution is 7.99. The van der Waals surface area contributed by atoms with Crippen molar-refractivity contribution >= 4 is 17.4 Å². The van der Waals surface area contributed by atoms with E-state index >= 15 is 0 Å². The third kappa shape index (κ3) is 2.84. The van der Waals surface area contributed by atoms with Crippen LogP contribution in [0.3, 0.4) is 0 Å². The molecule has 4 nitrogen and oxygen atoms in total. The van der Waals surface area contributed by atoms with Crippen LogP contribution in [-0.2, 0) is 0 Å². The Balaban J connectivity index is 1.49. The number of hydrogen-bond donors (Lipinski definition) is 1. The van der Waals surface area contributed by atoms with Crippen LogP contribution >= 0.6 is 11.8 Å². The molecule has 1 aliphatic carbocycles. The van der Waals surface area contributed by atoms with Gasteiger partial charge in [0.1, 0.15) is 0 Å². The van der Waals surface area contributed by atoms with Crippen molar-refractivity contribution in [2.75, 3.05) is 0 Å². The number of nitrogens with zero attached hydrogens (tertiary/aromatic N) is 3. The SMILES string of the molecule is Oc1cc(C2CC2)nc2c(-c3ccc(Sc4ccccc4)cc3)cnn12. The molecule has 1 N–H and O–H groups in total. The molecule has 1 saturated carbocycles. The molecule has 2 heterocycles. The molecule has 2 aromatic heterocycles. The first-order valence-electron chi connectivity index (χ1n) is 8.69. The fraction of sp³-hybridized carbons (Fsp3) is 0.143. The number of rotatable bonds is 4. The van der Waals surface area contributed by atoms with Crippen molar-refractivity contribution in [2.45, 2.75) is 28.6 Å². The maximum Gasteiger partial charge on any atom is 0.215 e. The van der Waals surface area contributed by atoms with Gasteiger partial charge in [0.15, 0.2) is 5.65 Å². The summed E-state index contributed by atoms with van der Waals surface area (Å²) in [5.41, 5.74) is 3.68. The van der Waals surface area contributed by atoms with Gasteiger partial charge in [-0.2, -0.15) is 9.61 Å². The first-order chi connectivity index (χ1) is 12.8. The fourth-order valence-electron chi connectivity index (χ4n) is 3.08. The molecule has 5 rings (SSSR count). The van der Waals surface area contributed by atoms with E-state index in [9.17, 15) is 5.11 Å². The second-order valence-electron chi connectivity index (χ2n) is 6.55. The van der Waals surface area contributed by atoms with Crippen molar-refractivity contribution in [3.8, 4) is 17.0 Å². The second kappa shape index (κ2) is 6.18. The molecule has 2 aromatic carbocycles. The first-order valence-corrected chi connectivity index (χ1v) is 9.50. The molecule has 0 aliphatic heterocycles. The van der Waals surface area contributed by atoms with Crippen molar-refractivity contribution < 1.29 is 5.11 Å². The number of aromatic nitrogens is 3. The molecular formula is C21H17N3OS. The number of benzene rings is 2. The smallest absolute Gasteiger partial charge is 0.215 e. The Bertz CT molecular complexity index is 1070. The van der Waals surface area contributed by atoms with Gasteiger partial charge in [0.05, 0.1) is 11.9 Å². The van der Waals surface area contributed by atoms with Gasteiger partial charge in [-0.25, -0.2) is 4.98 Å². The van der Waals surface area contributed by atoms with Crippen molar-refractivity contribution in [2.24, 2.45) is 0 Å². The van der Waals surface area contributed by atoms with Crippen molar-refractivity contribution in [3.63, 3.8) is 0 Å². The van der Waals surface area contributed by atoms with Crippen LogP contribution in [0, 0.1) is 0 Å². The normalized spacial score (nSPS) is 14.0. The monoisotopic (exact) mass is 359 g/mol. The molecule has 0 saturated heterocycles. The molecule has 0 bridgehead atoms. The average molecular weight is 359 g/mol. The van der Waals surface area contributed by atoms with E-state index in [1.54, 1.807) is 24.0 Å². The predicted octanol–water partition coefficient (Wildman–Crippen LogP) is 5.13. The van der Waals surface area contributed by atoms with Gasteiger partial charge < -0.3 is 5.11 Å². The van der Waals surface area contributed by atoms with Crippen LogP contribution in [0.5, 0.6) is 5.88 Å². The van der Waals surface area contributed by atoms with E-state index in [1.807, 2.05) is 18.2 Å². The minimum atomic E-state index is 0.152. The van der Waals surface area contributed by atoms with Crippen LogP contribution in [0.1, 0.15) is 24.5 Å². The summed E-state index contributed by atoms with van der Waals surface area (Å²) in [7, 11) is 0. The Morgan fingerprint density at radius 3 is 2.42 bits per heavy atom. The third-order valence-electron chi connectivity index (χ3n) is 4.61. The maximum absolute atomic E-state index is 10.3. The highest BCUT2D eigenvalue weighted by Crippen LogP contribution is 2.41. The summed E-state index contributed by atoms with van der Waals surface area (Å²) < 4.78 is 1.51. The molecule has 26 heavy (non-hydrogen) atoms. The maximum atomic E-state index is 10.3. The van der Waals surface area contributed by atoms with E-state index in [4.69, 9.17) is 4.98 Å². The van der Waals surface area contributed by atoms with E-state index in [2.05, 4.69) is 41.5 Å².